The molecule has 110 valence electrons. The highest BCUT2D eigenvalue weighted by atomic mass is 79.9. The van der Waals surface area contributed by atoms with Gasteiger partial charge in [0, 0.05) is 13.6 Å². The zero-order valence-electron chi connectivity index (χ0n) is 11.2. The first-order valence-electron chi connectivity index (χ1n) is 6.39. The lowest BCUT2D eigenvalue weighted by Crippen LogP contribution is -2.49. The Bertz CT molecular complexity index is 510. The van der Waals surface area contributed by atoms with E-state index < -0.39 is 5.60 Å². The molecule has 0 aliphatic heterocycles. The number of hydrogen-bond donors (Lipinski definition) is 2. The van der Waals surface area contributed by atoms with Gasteiger partial charge in [0.2, 0.25) is 5.91 Å². The van der Waals surface area contributed by atoms with Crippen molar-refractivity contribution in [2.24, 2.45) is 0 Å². The van der Waals surface area contributed by atoms with Crippen molar-refractivity contribution in [2.75, 3.05) is 20.1 Å². The lowest BCUT2D eigenvalue weighted by molar-refractivity contribution is -0.124. The molecule has 20 heavy (non-hydrogen) atoms. The summed E-state index contributed by atoms with van der Waals surface area (Å²) in [7, 11) is 1.52. The predicted octanol–water partition coefficient (Wildman–Crippen LogP) is 1.15. The van der Waals surface area contributed by atoms with Crippen LogP contribution in [-0.4, -0.2) is 47.6 Å². The Balaban J connectivity index is 1.79. The molecule has 2 rings (SSSR count). The highest BCUT2D eigenvalue weighted by Gasteiger charge is 2.34. The zero-order chi connectivity index (χ0) is 14.8. The van der Waals surface area contributed by atoms with Crippen LogP contribution in [0.2, 0.25) is 0 Å². The van der Waals surface area contributed by atoms with Gasteiger partial charge in [0.1, 0.15) is 0 Å². The first-order valence-corrected chi connectivity index (χ1v) is 7.19. The Morgan fingerprint density at radius 1 is 1.50 bits per heavy atom. The van der Waals surface area contributed by atoms with Crippen molar-refractivity contribution in [1.29, 1.82) is 0 Å². The molecule has 7 heteroatoms. The molecule has 2 N–H and O–H groups in total. The number of nitrogens with one attached hydrogen (secondary N) is 1. The predicted molar refractivity (Wildman–Crippen MR) is 75.2 cm³/mol. The normalized spacial score (nSPS) is 16.4. The number of halogens is 1. The zero-order valence-corrected chi connectivity index (χ0v) is 12.8. The fourth-order valence-corrected chi connectivity index (χ4v) is 2.29. The Morgan fingerprint density at radius 3 is 2.70 bits per heavy atom. The molecule has 0 unspecified atom stereocenters. The maximum atomic E-state index is 11.9. The Labute approximate surface area is 125 Å². The minimum Gasteiger partial charge on any atom is -0.444 e. The van der Waals surface area contributed by atoms with Crippen LogP contribution in [0.4, 0.5) is 0 Å². The topological polar surface area (TPSA) is 82.8 Å². The fourth-order valence-electron chi connectivity index (χ4n) is 1.99. The first kappa shape index (κ1) is 15.1. The molecule has 0 atom stereocenters. The monoisotopic (exact) mass is 344 g/mol. The van der Waals surface area contributed by atoms with E-state index >= 15 is 0 Å². The van der Waals surface area contributed by atoms with Gasteiger partial charge in [-0.3, -0.25) is 9.59 Å². The highest BCUT2D eigenvalue weighted by molar-refractivity contribution is 9.10. The second kappa shape index (κ2) is 5.97. The summed E-state index contributed by atoms with van der Waals surface area (Å²) in [5.74, 6) is -0.496. The number of carbonyl (C=O) groups is 2. The van der Waals surface area contributed by atoms with Crippen LogP contribution in [0.5, 0.6) is 0 Å². The van der Waals surface area contributed by atoms with E-state index in [1.54, 1.807) is 6.07 Å². The van der Waals surface area contributed by atoms with Crippen LogP contribution in [0.3, 0.4) is 0 Å². The highest BCUT2D eigenvalue weighted by Crippen LogP contribution is 2.30. The minimum atomic E-state index is -0.760. The smallest absolute Gasteiger partial charge is 0.289 e. The van der Waals surface area contributed by atoms with Crippen LogP contribution >= 0.6 is 15.9 Å². The van der Waals surface area contributed by atoms with Gasteiger partial charge < -0.3 is 19.7 Å². The quantitative estimate of drug-likeness (QED) is 0.839. The van der Waals surface area contributed by atoms with E-state index in [0.717, 1.165) is 6.42 Å². The van der Waals surface area contributed by atoms with Crippen LogP contribution in [0, 0.1) is 0 Å². The van der Waals surface area contributed by atoms with Crippen molar-refractivity contribution in [2.45, 2.75) is 24.9 Å². The summed E-state index contributed by atoms with van der Waals surface area (Å²) in [6.45, 7) is 0.160. The van der Waals surface area contributed by atoms with Crippen LogP contribution in [0.25, 0.3) is 0 Å². The van der Waals surface area contributed by atoms with Crippen molar-refractivity contribution >= 4 is 27.7 Å². The van der Waals surface area contributed by atoms with Gasteiger partial charge in [-0.05, 0) is 47.3 Å². The summed E-state index contributed by atoms with van der Waals surface area (Å²) in [6.07, 6.45) is 2.41. The van der Waals surface area contributed by atoms with Gasteiger partial charge in [0.15, 0.2) is 10.4 Å². The number of nitrogens with zero attached hydrogens (tertiary/aromatic N) is 1. The molecule has 1 saturated carbocycles. The van der Waals surface area contributed by atoms with Crippen molar-refractivity contribution in [3.63, 3.8) is 0 Å². The molecule has 1 heterocycles. The molecule has 0 aromatic carbocycles. The lowest BCUT2D eigenvalue weighted by Gasteiger charge is -2.36. The Morgan fingerprint density at radius 2 is 2.20 bits per heavy atom. The van der Waals surface area contributed by atoms with Crippen molar-refractivity contribution < 1.29 is 19.1 Å². The van der Waals surface area contributed by atoms with E-state index in [0.29, 0.717) is 17.5 Å². The van der Waals surface area contributed by atoms with E-state index in [2.05, 4.69) is 21.2 Å². The molecule has 0 spiro atoms. The van der Waals surface area contributed by atoms with E-state index in [1.807, 2.05) is 0 Å². The summed E-state index contributed by atoms with van der Waals surface area (Å²) in [5, 5.41) is 12.5. The SMILES string of the molecule is CN(CC(=O)NCC1(O)CCC1)C(=O)c1ccc(Br)o1. The Hall–Kier alpha value is -1.34. The van der Waals surface area contributed by atoms with Crippen molar-refractivity contribution in [3.8, 4) is 0 Å². The lowest BCUT2D eigenvalue weighted by atomic mass is 9.80. The molecule has 1 aliphatic carbocycles. The molecule has 1 aliphatic rings. The van der Waals surface area contributed by atoms with E-state index in [4.69, 9.17) is 4.42 Å². The third-order valence-electron chi connectivity index (χ3n) is 3.41. The number of hydrogen-bond acceptors (Lipinski definition) is 4. The molecular formula is C13H17BrN2O4. The van der Waals surface area contributed by atoms with Gasteiger partial charge >= 0.3 is 0 Å². The molecule has 1 aromatic rings. The van der Waals surface area contributed by atoms with Crippen LogP contribution in [-0.2, 0) is 4.79 Å². The minimum absolute atomic E-state index is 0.0762. The second-order valence-corrected chi connectivity index (χ2v) is 5.90. The number of rotatable bonds is 5. The van der Waals surface area contributed by atoms with Crippen LogP contribution in [0.1, 0.15) is 29.8 Å². The summed E-state index contributed by atoms with van der Waals surface area (Å²) in [4.78, 5) is 24.9. The average Bonchev–Trinajstić information content (AvgIpc) is 2.79. The first-order chi connectivity index (χ1) is 9.39. The number of likely N-dealkylation sites (N-methyl/N-ethyl adjacent to an activating group) is 1. The number of aliphatic hydroxyl groups is 1. The maximum absolute atomic E-state index is 11.9. The number of furan rings is 1. The van der Waals surface area contributed by atoms with Crippen molar-refractivity contribution in [3.05, 3.63) is 22.6 Å². The molecule has 0 bridgehead atoms. The molecule has 6 nitrogen and oxygen atoms in total. The fraction of sp³-hybridized carbons (Fsp3) is 0.538. The summed E-state index contributed by atoms with van der Waals surface area (Å²) in [5.41, 5.74) is -0.760. The summed E-state index contributed by atoms with van der Waals surface area (Å²) >= 11 is 3.12. The van der Waals surface area contributed by atoms with Gasteiger partial charge in [-0.1, -0.05) is 0 Å². The van der Waals surface area contributed by atoms with Gasteiger partial charge in [-0.2, -0.15) is 0 Å². The maximum Gasteiger partial charge on any atom is 0.289 e. The van der Waals surface area contributed by atoms with Gasteiger partial charge in [0.25, 0.3) is 5.91 Å². The average molecular weight is 345 g/mol. The largest absolute Gasteiger partial charge is 0.444 e. The van der Waals surface area contributed by atoms with E-state index in [-0.39, 0.29) is 30.7 Å². The molecule has 0 radical (unpaired) electrons. The molecule has 0 saturated heterocycles. The van der Waals surface area contributed by atoms with Crippen LogP contribution in [0.15, 0.2) is 21.2 Å². The van der Waals surface area contributed by atoms with E-state index in [9.17, 15) is 14.7 Å². The molecule has 1 aromatic heterocycles. The third kappa shape index (κ3) is 3.61. The standard InChI is InChI=1S/C13H17BrN2O4/c1-16(12(18)9-3-4-10(14)20-9)7-11(17)15-8-13(19)5-2-6-13/h3-4,19H,2,5-8H2,1H3,(H,15,17). The van der Waals surface area contributed by atoms with Crippen molar-refractivity contribution in [1.82, 2.24) is 10.2 Å². The molecule has 2 amide bonds. The van der Waals surface area contributed by atoms with Gasteiger partial charge in [0.05, 0.1) is 12.1 Å². The third-order valence-corrected chi connectivity index (χ3v) is 3.84. The van der Waals surface area contributed by atoms with E-state index in [1.165, 1.54) is 18.0 Å². The van der Waals surface area contributed by atoms with Gasteiger partial charge in [-0.25, -0.2) is 0 Å². The summed E-state index contributed by atoms with van der Waals surface area (Å²) in [6, 6.07) is 3.16. The Kier molecular flexibility index (Phi) is 4.49. The van der Waals surface area contributed by atoms with Gasteiger partial charge in [-0.15, -0.1) is 0 Å². The summed E-state index contributed by atoms with van der Waals surface area (Å²) < 4.78 is 5.61. The number of amides is 2. The molecule has 1 fully saturated rings. The molecular weight excluding hydrogens is 328 g/mol. The number of carbonyl (C=O) groups excluding carboxylic acids is 2. The second-order valence-electron chi connectivity index (χ2n) is 5.12. The van der Waals surface area contributed by atoms with Crippen LogP contribution < -0.4 is 5.32 Å².